The van der Waals surface area contributed by atoms with E-state index in [0.29, 0.717) is 23.3 Å². The fourth-order valence-corrected chi connectivity index (χ4v) is 2.64. The SMILES string of the molecule is Fc1c(Cl)cccc1Cc1noc(CC2CCCN2)n1. The molecule has 1 N–H and O–H groups in total. The van der Waals surface area contributed by atoms with Gasteiger partial charge in [0, 0.05) is 18.9 Å². The summed E-state index contributed by atoms with van der Waals surface area (Å²) in [6.07, 6.45) is 3.32. The molecule has 1 fully saturated rings. The lowest BCUT2D eigenvalue weighted by Gasteiger charge is -2.04. The van der Waals surface area contributed by atoms with Gasteiger partial charge in [0.15, 0.2) is 5.82 Å². The molecular weight excluding hydrogens is 281 g/mol. The monoisotopic (exact) mass is 295 g/mol. The Labute approximate surface area is 121 Å². The molecule has 1 saturated heterocycles. The fourth-order valence-electron chi connectivity index (χ4n) is 2.44. The van der Waals surface area contributed by atoms with Gasteiger partial charge < -0.3 is 9.84 Å². The van der Waals surface area contributed by atoms with Crippen LogP contribution in [-0.4, -0.2) is 22.7 Å². The Morgan fingerprint density at radius 2 is 2.35 bits per heavy atom. The first-order valence-corrected chi connectivity index (χ1v) is 7.08. The number of aromatic nitrogens is 2. The molecule has 3 rings (SSSR count). The lowest BCUT2D eigenvalue weighted by atomic mass is 10.1. The molecule has 0 saturated carbocycles. The molecule has 0 spiro atoms. The van der Waals surface area contributed by atoms with Crippen molar-refractivity contribution < 1.29 is 8.91 Å². The fraction of sp³-hybridized carbons (Fsp3) is 0.429. The Balaban J connectivity index is 1.68. The van der Waals surface area contributed by atoms with Gasteiger partial charge in [0.25, 0.3) is 0 Å². The van der Waals surface area contributed by atoms with Gasteiger partial charge in [-0.1, -0.05) is 28.9 Å². The van der Waals surface area contributed by atoms with Gasteiger partial charge in [0.1, 0.15) is 5.82 Å². The first kappa shape index (κ1) is 13.5. The van der Waals surface area contributed by atoms with Crippen molar-refractivity contribution in [3.8, 4) is 0 Å². The summed E-state index contributed by atoms with van der Waals surface area (Å²) >= 11 is 5.75. The summed E-state index contributed by atoms with van der Waals surface area (Å²) in [7, 11) is 0. The van der Waals surface area contributed by atoms with Crippen LogP contribution in [0.4, 0.5) is 4.39 Å². The summed E-state index contributed by atoms with van der Waals surface area (Å²) in [6.45, 7) is 1.04. The molecule has 1 aliphatic rings. The quantitative estimate of drug-likeness (QED) is 0.942. The average Bonchev–Trinajstić information content (AvgIpc) is 3.08. The number of halogens is 2. The zero-order valence-electron chi connectivity index (χ0n) is 10.9. The number of nitrogens with zero attached hydrogens (tertiary/aromatic N) is 2. The molecule has 6 heteroatoms. The van der Waals surface area contributed by atoms with Crippen LogP contribution in [0.2, 0.25) is 5.02 Å². The normalized spacial score (nSPS) is 18.6. The van der Waals surface area contributed by atoms with Crippen molar-refractivity contribution in [2.45, 2.75) is 31.7 Å². The minimum Gasteiger partial charge on any atom is -0.339 e. The molecule has 1 aromatic heterocycles. The summed E-state index contributed by atoms with van der Waals surface area (Å²) in [4.78, 5) is 4.31. The van der Waals surface area contributed by atoms with E-state index in [2.05, 4.69) is 15.5 Å². The third-order valence-corrected chi connectivity index (χ3v) is 3.77. The molecule has 0 amide bonds. The zero-order chi connectivity index (χ0) is 13.9. The standard InChI is InChI=1S/C14H15ClFN3O/c15-11-5-1-3-9(14(11)16)7-12-18-13(20-19-12)8-10-4-2-6-17-10/h1,3,5,10,17H,2,4,6-8H2. The van der Waals surface area contributed by atoms with E-state index in [9.17, 15) is 4.39 Å². The second-order valence-electron chi connectivity index (χ2n) is 4.99. The maximum Gasteiger partial charge on any atom is 0.228 e. The van der Waals surface area contributed by atoms with Crippen LogP contribution >= 0.6 is 11.6 Å². The third kappa shape index (κ3) is 2.99. The zero-order valence-corrected chi connectivity index (χ0v) is 11.7. The second kappa shape index (κ2) is 5.89. The number of nitrogens with one attached hydrogen (secondary N) is 1. The topological polar surface area (TPSA) is 51.0 Å². The first-order chi connectivity index (χ1) is 9.72. The van der Waals surface area contributed by atoms with Crippen LogP contribution in [0.25, 0.3) is 0 Å². The Bertz CT molecular complexity index is 596. The van der Waals surface area contributed by atoms with Crippen molar-refractivity contribution in [3.05, 3.63) is 46.3 Å². The molecule has 1 aliphatic heterocycles. The van der Waals surface area contributed by atoms with Gasteiger partial charge in [-0.25, -0.2) is 4.39 Å². The highest BCUT2D eigenvalue weighted by Gasteiger charge is 2.18. The number of rotatable bonds is 4. The highest BCUT2D eigenvalue weighted by molar-refractivity contribution is 6.30. The van der Waals surface area contributed by atoms with Gasteiger partial charge >= 0.3 is 0 Å². The molecule has 1 aromatic carbocycles. The van der Waals surface area contributed by atoms with Gasteiger partial charge in [0.05, 0.1) is 5.02 Å². The van der Waals surface area contributed by atoms with Gasteiger partial charge in [0.2, 0.25) is 5.89 Å². The predicted octanol–water partition coefficient (Wildman–Crippen LogP) is 2.75. The van der Waals surface area contributed by atoms with E-state index in [1.54, 1.807) is 12.1 Å². The lowest BCUT2D eigenvalue weighted by Crippen LogP contribution is -2.23. The predicted molar refractivity (Wildman–Crippen MR) is 73.2 cm³/mol. The van der Waals surface area contributed by atoms with Crippen molar-refractivity contribution in [2.75, 3.05) is 6.54 Å². The molecule has 20 heavy (non-hydrogen) atoms. The maximum absolute atomic E-state index is 13.8. The summed E-state index contributed by atoms with van der Waals surface area (Å²) in [6, 6.07) is 5.32. The first-order valence-electron chi connectivity index (χ1n) is 6.70. The van der Waals surface area contributed by atoms with Crippen molar-refractivity contribution in [1.82, 2.24) is 15.5 Å². The van der Waals surface area contributed by atoms with Crippen LogP contribution in [0.5, 0.6) is 0 Å². The Morgan fingerprint density at radius 1 is 1.45 bits per heavy atom. The van der Waals surface area contributed by atoms with Crippen molar-refractivity contribution in [3.63, 3.8) is 0 Å². The number of hydrogen-bond donors (Lipinski definition) is 1. The van der Waals surface area contributed by atoms with Crippen LogP contribution in [0, 0.1) is 5.82 Å². The van der Waals surface area contributed by atoms with Gasteiger partial charge in [-0.3, -0.25) is 0 Å². The van der Waals surface area contributed by atoms with Gasteiger partial charge in [-0.05, 0) is 31.0 Å². The van der Waals surface area contributed by atoms with E-state index >= 15 is 0 Å². The van der Waals surface area contributed by atoms with E-state index < -0.39 is 5.82 Å². The molecule has 1 unspecified atom stereocenters. The molecule has 106 valence electrons. The van der Waals surface area contributed by atoms with E-state index in [4.69, 9.17) is 16.1 Å². The summed E-state index contributed by atoms with van der Waals surface area (Å²) in [5, 5.41) is 7.39. The molecule has 2 heterocycles. The molecule has 2 aromatic rings. The maximum atomic E-state index is 13.8. The molecule has 0 aliphatic carbocycles. The number of benzene rings is 1. The van der Waals surface area contributed by atoms with Crippen molar-refractivity contribution in [1.29, 1.82) is 0 Å². The second-order valence-corrected chi connectivity index (χ2v) is 5.40. The summed E-state index contributed by atoms with van der Waals surface area (Å²) in [5.41, 5.74) is 0.476. The van der Waals surface area contributed by atoms with E-state index in [1.165, 1.54) is 12.5 Å². The van der Waals surface area contributed by atoms with Gasteiger partial charge in [-0.2, -0.15) is 4.98 Å². The third-order valence-electron chi connectivity index (χ3n) is 3.47. The minimum absolute atomic E-state index is 0.112. The van der Waals surface area contributed by atoms with Crippen molar-refractivity contribution >= 4 is 11.6 Å². The highest BCUT2D eigenvalue weighted by atomic mass is 35.5. The van der Waals surface area contributed by atoms with Gasteiger partial charge in [-0.15, -0.1) is 0 Å². The lowest BCUT2D eigenvalue weighted by molar-refractivity contribution is 0.360. The highest BCUT2D eigenvalue weighted by Crippen LogP contribution is 2.20. The average molecular weight is 296 g/mol. The van der Waals surface area contributed by atoms with Crippen LogP contribution in [0.15, 0.2) is 22.7 Å². The number of hydrogen-bond acceptors (Lipinski definition) is 4. The molecule has 0 radical (unpaired) electrons. The molecular formula is C14H15ClFN3O. The summed E-state index contributed by atoms with van der Waals surface area (Å²) < 4.78 is 19.0. The van der Waals surface area contributed by atoms with Crippen LogP contribution < -0.4 is 5.32 Å². The minimum atomic E-state index is -0.419. The Kier molecular flexibility index (Phi) is 3.98. The van der Waals surface area contributed by atoms with Crippen LogP contribution in [-0.2, 0) is 12.8 Å². The summed E-state index contributed by atoms with van der Waals surface area (Å²) in [5.74, 6) is 0.666. The van der Waals surface area contributed by atoms with E-state index in [-0.39, 0.29) is 11.4 Å². The Morgan fingerprint density at radius 3 is 3.15 bits per heavy atom. The molecule has 4 nitrogen and oxygen atoms in total. The molecule has 0 bridgehead atoms. The van der Waals surface area contributed by atoms with E-state index in [0.717, 1.165) is 19.4 Å². The molecule has 1 atom stereocenters. The van der Waals surface area contributed by atoms with Crippen LogP contribution in [0.3, 0.4) is 0 Å². The largest absolute Gasteiger partial charge is 0.339 e. The van der Waals surface area contributed by atoms with E-state index in [1.807, 2.05) is 0 Å². The smallest absolute Gasteiger partial charge is 0.228 e. The Hall–Kier alpha value is -1.46. The van der Waals surface area contributed by atoms with Crippen LogP contribution in [0.1, 0.15) is 30.1 Å². The van der Waals surface area contributed by atoms with Crippen molar-refractivity contribution in [2.24, 2.45) is 0 Å².